The summed E-state index contributed by atoms with van der Waals surface area (Å²) < 4.78 is 13.3. The van der Waals surface area contributed by atoms with Crippen molar-refractivity contribution in [1.29, 1.82) is 0 Å². The Kier molecular flexibility index (Phi) is 3.81. The maximum atomic E-state index is 6.12. The van der Waals surface area contributed by atoms with E-state index in [1.165, 1.54) is 11.1 Å². The summed E-state index contributed by atoms with van der Waals surface area (Å²) in [5.74, 6) is 1.33. The second-order valence-corrected chi connectivity index (χ2v) is 7.29. The lowest BCUT2D eigenvalue weighted by atomic mass is 9.95. The maximum absolute atomic E-state index is 6.12. The Morgan fingerprint density at radius 2 is 2.25 bits per heavy atom. The first kappa shape index (κ1) is 15.6. The highest BCUT2D eigenvalue weighted by atomic mass is 32.2. The molecule has 126 valence electrons. The molecule has 0 bridgehead atoms. The summed E-state index contributed by atoms with van der Waals surface area (Å²) in [6.07, 6.45) is 3.07. The van der Waals surface area contributed by atoms with Crippen molar-refractivity contribution in [2.45, 2.75) is 43.8 Å². The molecule has 0 amide bonds. The molecule has 3 aromatic rings. The van der Waals surface area contributed by atoms with Crippen LogP contribution in [0.3, 0.4) is 0 Å². The van der Waals surface area contributed by atoms with E-state index in [0.717, 1.165) is 34.0 Å². The molecule has 2 atom stereocenters. The fraction of sp³-hybridized carbons (Fsp3) is 0.389. The third-order valence-electron chi connectivity index (χ3n) is 4.65. The van der Waals surface area contributed by atoms with Crippen molar-refractivity contribution in [1.82, 2.24) is 9.66 Å². The zero-order valence-electron chi connectivity index (χ0n) is 14.3. The minimum atomic E-state index is -0.0856. The summed E-state index contributed by atoms with van der Waals surface area (Å²) >= 11 is 1.55. The number of fused-ring (bicyclic) bond motifs is 2. The minimum Gasteiger partial charge on any atom is -0.454 e. The van der Waals surface area contributed by atoms with Gasteiger partial charge in [-0.2, -0.15) is 0 Å². The fourth-order valence-electron chi connectivity index (χ4n) is 2.98. The molecule has 2 aromatic heterocycles. The fourth-order valence-corrected chi connectivity index (χ4v) is 3.81. The molecule has 24 heavy (non-hydrogen) atoms. The molecule has 0 aliphatic carbocycles. The first-order valence-electron chi connectivity index (χ1n) is 8.19. The monoisotopic (exact) mass is 343 g/mol. The normalized spacial score (nSPS) is 17.9. The highest BCUT2D eigenvalue weighted by Crippen LogP contribution is 2.35. The van der Waals surface area contributed by atoms with Gasteiger partial charge in [-0.05, 0) is 54.3 Å². The molecule has 0 fully saturated rings. The average molecular weight is 343 g/mol. The summed E-state index contributed by atoms with van der Waals surface area (Å²) in [4.78, 5) is 4.65. The van der Waals surface area contributed by atoms with Crippen LogP contribution in [0, 0.1) is 6.92 Å². The van der Waals surface area contributed by atoms with Gasteiger partial charge in [0, 0.05) is 12.5 Å². The standard InChI is InChI=1S/C18H21N3O2S/c1-5-10(2)12-6-11(3)13-8-16(23-15(13)7-12)14-9-21-17(19-14)24-18(20-21)22-4/h6-10,18,20H,5H2,1-4H3. The van der Waals surface area contributed by atoms with Gasteiger partial charge in [0.15, 0.2) is 16.5 Å². The molecule has 0 saturated carbocycles. The van der Waals surface area contributed by atoms with E-state index in [-0.39, 0.29) is 5.56 Å². The quantitative estimate of drug-likeness (QED) is 0.744. The first-order valence-corrected chi connectivity index (χ1v) is 9.07. The topological polar surface area (TPSA) is 52.2 Å². The molecule has 0 radical (unpaired) electrons. The van der Waals surface area contributed by atoms with Crippen LogP contribution in [0.2, 0.25) is 0 Å². The van der Waals surface area contributed by atoms with E-state index in [0.29, 0.717) is 5.92 Å². The van der Waals surface area contributed by atoms with Gasteiger partial charge in [-0.1, -0.05) is 19.9 Å². The van der Waals surface area contributed by atoms with Crippen LogP contribution in [0.25, 0.3) is 22.4 Å². The van der Waals surface area contributed by atoms with Crippen LogP contribution in [-0.2, 0) is 4.74 Å². The largest absolute Gasteiger partial charge is 0.454 e. The van der Waals surface area contributed by atoms with E-state index in [1.807, 2.05) is 10.9 Å². The van der Waals surface area contributed by atoms with Gasteiger partial charge in [-0.25, -0.2) is 9.66 Å². The Bertz CT molecular complexity index is 876. The van der Waals surface area contributed by atoms with Crippen molar-refractivity contribution >= 4 is 22.7 Å². The lowest BCUT2D eigenvalue weighted by Crippen LogP contribution is -2.19. The predicted octanol–water partition coefficient (Wildman–Crippen LogP) is 4.70. The lowest BCUT2D eigenvalue weighted by Gasteiger charge is -2.09. The van der Waals surface area contributed by atoms with Gasteiger partial charge in [0.1, 0.15) is 11.3 Å². The molecule has 6 heteroatoms. The lowest BCUT2D eigenvalue weighted by molar-refractivity contribution is 0.187. The Balaban J connectivity index is 1.72. The molecule has 1 aliphatic heterocycles. The van der Waals surface area contributed by atoms with Crippen LogP contribution in [-0.4, -0.2) is 22.3 Å². The van der Waals surface area contributed by atoms with E-state index >= 15 is 0 Å². The highest BCUT2D eigenvalue weighted by Gasteiger charge is 2.24. The number of nitrogens with zero attached hydrogens (tertiary/aromatic N) is 2. The van der Waals surface area contributed by atoms with Crippen molar-refractivity contribution in [3.05, 3.63) is 35.5 Å². The number of furan rings is 1. The predicted molar refractivity (Wildman–Crippen MR) is 96.9 cm³/mol. The summed E-state index contributed by atoms with van der Waals surface area (Å²) in [7, 11) is 1.68. The summed E-state index contributed by atoms with van der Waals surface area (Å²) in [6, 6.07) is 6.52. The number of methoxy groups -OCH3 is 1. The van der Waals surface area contributed by atoms with E-state index in [9.17, 15) is 0 Å². The van der Waals surface area contributed by atoms with Crippen LogP contribution in [0.15, 0.2) is 34.0 Å². The van der Waals surface area contributed by atoms with Crippen LogP contribution in [0.1, 0.15) is 37.3 Å². The third kappa shape index (κ3) is 2.50. The number of hydrogen-bond acceptors (Lipinski definition) is 5. The summed E-state index contributed by atoms with van der Waals surface area (Å²) in [6.45, 7) is 6.60. The van der Waals surface area contributed by atoms with E-state index in [4.69, 9.17) is 9.15 Å². The number of benzene rings is 1. The van der Waals surface area contributed by atoms with Gasteiger partial charge in [-0.15, -0.1) is 0 Å². The minimum absolute atomic E-state index is 0.0856. The van der Waals surface area contributed by atoms with E-state index in [2.05, 4.69) is 49.4 Å². The van der Waals surface area contributed by atoms with E-state index in [1.54, 1.807) is 18.9 Å². The molecular weight excluding hydrogens is 322 g/mol. The Hall–Kier alpha value is -1.92. The zero-order chi connectivity index (χ0) is 16.8. The second kappa shape index (κ2) is 5.86. The van der Waals surface area contributed by atoms with Crippen molar-refractivity contribution in [2.75, 3.05) is 12.5 Å². The Morgan fingerprint density at radius 1 is 1.42 bits per heavy atom. The SMILES string of the molecule is CCC(C)c1cc(C)c2cc(-c3cn4c(n3)SC(OC)N4)oc2c1. The van der Waals surface area contributed by atoms with Gasteiger partial charge in [0.25, 0.3) is 0 Å². The zero-order valence-corrected chi connectivity index (χ0v) is 15.1. The molecule has 0 spiro atoms. The Labute approximate surface area is 145 Å². The molecular formula is C18H21N3O2S. The first-order chi connectivity index (χ1) is 11.6. The molecule has 1 aromatic carbocycles. The Morgan fingerprint density at radius 3 is 2.96 bits per heavy atom. The number of nitrogens with one attached hydrogen (secondary N) is 1. The van der Waals surface area contributed by atoms with Crippen molar-refractivity contribution in [3.8, 4) is 11.5 Å². The van der Waals surface area contributed by atoms with Crippen LogP contribution in [0.5, 0.6) is 0 Å². The number of rotatable bonds is 4. The van der Waals surface area contributed by atoms with E-state index < -0.39 is 0 Å². The van der Waals surface area contributed by atoms with Gasteiger partial charge >= 0.3 is 0 Å². The van der Waals surface area contributed by atoms with Gasteiger partial charge in [0.05, 0.1) is 6.20 Å². The maximum Gasteiger partial charge on any atom is 0.196 e. The molecule has 1 N–H and O–H groups in total. The highest BCUT2D eigenvalue weighted by molar-refractivity contribution is 7.99. The number of imidazole rings is 1. The molecule has 3 heterocycles. The van der Waals surface area contributed by atoms with Gasteiger partial charge in [-0.3, -0.25) is 5.43 Å². The van der Waals surface area contributed by atoms with Crippen LogP contribution >= 0.6 is 11.8 Å². The van der Waals surface area contributed by atoms with Gasteiger partial charge < -0.3 is 9.15 Å². The third-order valence-corrected chi connectivity index (χ3v) is 5.66. The van der Waals surface area contributed by atoms with Crippen molar-refractivity contribution < 1.29 is 9.15 Å². The van der Waals surface area contributed by atoms with Crippen LogP contribution < -0.4 is 5.43 Å². The number of aromatic nitrogens is 2. The van der Waals surface area contributed by atoms with Crippen molar-refractivity contribution in [2.24, 2.45) is 0 Å². The van der Waals surface area contributed by atoms with Gasteiger partial charge in [0.2, 0.25) is 0 Å². The molecule has 2 unspecified atom stereocenters. The summed E-state index contributed by atoms with van der Waals surface area (Å²) in [5.41, 5.74) is 7.46. The number of ether oxygens (including phenoxy) is 1. The number of aryl methyl sites for hydroxylation is 1. The molecule has 5 nitrogen and oxygen atoms in total. The number of hydrogen-bond donors (Lipinski definition) is 1. The molecule has 1 aliphatic rings. The average Bonchev–Trinajstić information content (AvgIpc) is 3.25. The summed E-state index contributed by atoms with van der Waals surface area (Å²) in [5, 5.41) is 2.04. The molecule has 4 rings (SSSR count). The smallest absolute Gasteiger partial charge is 0.196 e. The number of thioether (sulfide) groups is 1. The van der Waals surface area contributed by atoms with Crippen LogP contribution in [0.4, 0.5) is 0 Å². The second-order valence-electron chi connectivity index (χ2n) is 6.26. The van der Waals surface area contributed by atoms with Crippen molar-refractivity contribution in [3.63, 3.8) is 0 Å². The molecule has 0 saturated heterocycles.